The number of anilines is 1. The van der Waals surface area contributed by atoms with Crippen LogP contribution in [0.4, 0.5) is 11.4 Å². The molecule has 0 fully saturated rings. The van der Waals surface area contributed by atoms with Crippen molar-refractivity contribution in [2.45, 2.75) is 4.90 Å². The standard InChI is InChI=1S/C11H10N4O4S2/c12-21(18,19)9-1-2-10(11(5-9)15(16)17)14-13-6-8-3-4-20-7-8/h1-7,14H,(H2,12,18,19)/b13-6-. The van der Waals surface area contributed by atoms with Crippen LogP contribution in [0, 0.1) is 10.1 Å². The molecule has 1 heterocycles. The number of nitrogens with one attached hydrogen (secondary N) is 1. The summed E-state index contributed by atoms with van der Waals surface area (Å²) in [6.45, 7) is 0. The zero-order valence-electron chi connectivity index (χ0n) is 10.5. The average Bonchev–Trinajstić information content (AvgIpc) is 2.90. The van der Waals surface area contributed by atoms with Gasteiger partial charge in [-0.3, -0.25) is 15.5 Å². The Labute approximate surface area is 124 Å². The number of benzene rings is 1. The maximum Gasteiger partial charge on any atom is 0.295 e. The van der Waals surface area contributed by atoms with Gasteiger partial charge in [0.05, 0.1) is 16.0 Å². The van der Waals surface area contributed by atoms with Crippen LogP contribution in [0.15, 0.2) is 45.0 Å². The molecule has 2 rings (SSSR count). The molecule has 110 valence electrons. The first-order chi connectivity index (χ1) is 9.88. The summed E-state index contributed by atoms with van der Waals surface area (Å²) in [5, 5.41) is 23.5. The maximum absolute atomic E-state index is 11.2. The molecule has 0 saturated carbocycles. The minimum Gasteiger partial charge on any atom is -0.272 e. The number of nitro benzene ring substituents is 1. The van der Waals surface area contributed by atoms with Crippen LogP contribution < -0.4 is 10.6 Å². The van der Waals surface area contributed by atoms with Crippen LogP contribution in [0.5, 0.6) is 0 Å². The van der Waals surface area contributed by atoms with Gasteiger partial charge in [0.1, 0.15) is 5.69 Å². The Morgan fingerprint density at radius 3 is 2.71 bits per heavy atom. The lowest BCUT2D eigenvalue weighted by Crippen LogP contribution is -2.12. The third-order valence-electron chi connectivity index (χ3n) is 2.44. The number of primary sulfonamides is 1. The predicted molar refractivity (Wildman–Crippen MR) is 80.0 cm³/mol. The number of nitro groups is 1. The molecule has 0 amide bonds. The van der Waals surface area contributed by atoms with E-state index >= 15 is 0 Å². The Balaban J connectivity index is 2.29. The third-order valence-corrected chi connectivity index (χ3v) is 4.05. The molecule has 0 atom stereocenters. The van der Waals surface area contributed by atoms with Crippen molar-refractivity contribution in [3.05, 3.63) is 50.7 Å². The zero-order valence-corrected chi connectivity index (χ0v) is 12.1. The quantitative estimate of drug-likeness (QED) is 0.491. The average molecular weight is 326 g/mol. The van der Waals surface area contributed by atoms with E-state index in [1.54, 1.807) is 0 Å². The lowest BCUT2D eigenvalue weighted by Gasteiger charge is -2.04. The molecule has 21 heavy (non-hydrogen) atoms. The monoisotopic (exact) mass is 326 g/mol. The van der Waals surface area contributed by atoms with Gasteiger partial charge in [-0.1, -0.05) is 0 Å². The van der Waals surface area contributed by atoms with Gasteiger partial charge in [0, 0.05) is 11.6 Å². The Hall–Kier alpha value is -2.30. The molecule has 0 unspecified atom stereocenters. The largest absolute Gasteiger partial charge is 0.295 e. The summed E-state index contributed by atoms with van der Waals surface area (Å²) in [5.74, 6) is 0. The van der Waals surface area contributed by atoms with Crippen molar-refractivity contribution in [1.82, 2.24) is 0 Å². The van der Waals surface area contributed by atoms with Crippen LogP contribution in [0.3, 0.4) is 0 Å². The van der Waals surface area contributed by atoms with Crippen LogP contribution >= 0.6 is 11.3 Å². The van der Waals surface area contributed by atoms with Crippen molar-refractivity contribution >= 4 is 38.9 Å². The molecule has 10 heteroatoms. The van der Waals surface area contributed by atoms with Crippen LogP contribution in [-0.4, -0.2) is 19.6 Å². The summed E-state index contributed by atoms with van der Waals surface area (Å²) in [7, 11) is -4.00. The number of thiophene rings is 1. The smallest absolute Gasteiger partial charge is 0.272 e. The highest BCUT2D eigenvalue weighted by Crippen LogP contribution is 2.27. The van der Waals surface area contributed by atoms with Gasteiger partial charge in [-0.25, -0.2) is 13.6 Å². The van der Waals surface area contributed by atoms with Gasteiger partial charge in [0.25, 0.3) is 5.69 Å². The maximum atomic E-state index is 11.2. The summed E-state index contributed by atoms with van der Waals surface area (Å²) >= 11 is 1.49. The third kappa shape index (κ3) is 3.84. The topological polar surface area (TPSA) is 128 Å². The van der Waals surface area contributed by atoms with Crippen LogP contribution in [0.25, 0.3) is 0 Å². The molecule has 0 aliphatic heterocycles. The second kappa shape index (κ2) is 5.99. The van der Waals surface area contributed by atoms with Gasteiger partial charge in [-0.15, -0.1) is 0 Å². The van der Waals surface area contributed by atoms with Gasteiger partial charge in [-0.2, -0.15) is 16.4 Å². The first-order valence-electron chi connectivity index (χ1n) is 5.50. The molecule has 2 aromatic rings. The van der Waals surface area contributed by atoms with Crippen LogP contribution in [0.1, 0.15) is 5.56 Å². The Kier molecular flexibility index (Phi) is 4.31. The number of nitrogens with two attached hydrogens (primary N) is 1. The molecule has 3 N–H and O–H groups in total. The number of hydrogen-bond donors (Lipinski definition) is 2. The Morgan fingerprint density at radius 2 is 2.14 bits per heavy atom. The second-order valence-electron chi connectivity index (χ2n) is 3.91. The summed E-state index contributed by atoms with van der Waals surface area (Å²) in [5.41, 5.74) is 2.99. The van der Waals surface area contributed by atoms with Crippen molar-refractivity contribution in [3.8, 4) is 0 Å². The molecule has 0 bridgehead atoms. The minimum absolute atomic E-state index is 0.0684. The van der Waals surface area contributed by atoms with Gasteiger partial charge in [0.15, 0.2) is 0 Å². The van der Waals surface area contributed by atoms with Crippen molar-refractivity contribution in [2.75, 3.05) is 5.43 Å². The molecule has 8 nitrogen and oxygen atoms in total. The molecule has 0 spiro atoms. The van der Waals surface area contributed by atoms with Gasteiger partial charge < -0.3 is 0 Å². The first-order valence-corrected chi connectivity index (χ1v) is 7.99. The second-order valence-corrected chi connectivity index (χ2v) is 6.25. The summed E-state index contributed by atoms with van der Waals surface area (Å²) < 4.78 is 22.4. The summed E-state index contributed by atoms with van der Waals surface area (Å²) in [6, 6.07) is 5.12. The van der Waals surface area contributed by atoms with E-state index < -0.39 is 20.6 Å². The fourth-order valence-electron chi connectivity index (χ4n) is 1.46. The fourth-order valence-corrected chi connectivity index (χ4v) is 2.60. The lowest BCUT2D eigenvalue weighted by atomic mass is 10.3. The zero-order chi connectivity index (χ0) is 15.5. The molecule has 0 saturated heterocycles. The molecule has 0 aliphatic rings. The Morgan fingerprint density at radius 1 is 1.38 bits per heavy atom. The van der Waals surface area contributed by atoms with E-state index in [0.717, 1.165) is 11.6 Å². The molecular weight excluding hydrogens is 316 g/mol. The molecule has 0 radical (unpaired) electrons. The summed E-state index contributed by atoms with van der Waals surface area (Å²) in [4.78, 5) is 9.93. The van der Waals surface area contributed by atoms with Crippen LogP contribution in [-0.2, 0) is 10.0 Å². The fraction of sp³-hybridized carbons (Fsp3) is 0. The van der Waals surface area contributed by atoms with Crippen molar-refractivity contribution < 1.29 is 13.3 Å². The number of sulfonamides is 1. The number of hydrogen-bond acceptors (Lipinski definition) is 7. The van der Waals surface area contributed by atoms with Gasteiger partial charge in [-0.05, 0) is 29.0 Å². The highest BCUT2D eigenvalue weighted by atomic mass is 32.2. The van der Waals surface area contributed by atoms with E-state index in [1.807, 2.05) is 16.8 Å². The van der Waals surface area contributed by atoms with E-state index in [4.69, 9.17) is 5.14 Å². The molecule has 1 aromatic heterocycles. The highest BCUT2D eigenvalue weighted by Gasteiger charge is 2.18. The van der Waals surface area contributed by atoms with E-state index in [-0.39, 0.29) is 10.6 Å². The van der Waals surface area contributed by atoms with Crippen molar-refractivity contribution in [2.24, 2.45) is 10.2 Å². The molecule has 1 aromatic carbocycles. The first kappa shape index (κ1) is 15.1. The van der Waals surface area contributed by atoms with Gasteiger partial charge >= 0.3 is 0 Å². The summed E-state index contributed by atoms with van der Waals surface area (Å²) in [6.07, 6.45) is 1.49. The van der Waals surface area contributed by atoms with E-state index in [0.29, 0.717) is 0 Å². The number of hydrazone groups is 1. The van der Waals surface area contributed by atoms with Gasteiger partial charge in [0.2, 0.25) is 10.0 Å². The number of nitrogens with zero attached hydrogens (tertiary/aromatic N) is 2. The predicted octanol–water partition coefficient (Wildman–Crippen LogP) is 1.75. The molecular formula is C11H10N4O4S2. The van der Waals surface area contributed by atoms with E-state index in [1.165, 1.54) is 29.7 Å². The lowest BCUT2D eigenvalue weighted by molar-refractivity contribution is -0.384. The Bertz CT molecular complexity index is 785. The molecule has 0 aliphatic carbocycles. The normalized spacial score (nSPS) is 11.7. The van der Waals surface area contributed by atoms with E-state index in [9.17, 15) is 18.5 Å². The number of rotatable bonds is 5. The van der Waals surface area contributed by atoms with Crippen molar-refractivity contribution in [1.29, 1.82) is 0 Å². The highest BCUT2D eigenvalue weighted by molar-refractivity contribution is 7.89. The minimum atomic E-state index is -4.00. The van der Waals surface area contributed by atoms with E-state index in [2.05, 4.69) is 10.5 Å². The SMILES string of the molecule is NS(=O)(=O)c1ccc(N/N=C\c2ccsc2)c([N+](=O)[O-])c1. The van der Waals surface area contributed by atoms with Crippen molar-refractivity contribution in [3.63, 3.8) is 0 Å². The van der Waals surface area contributed by atoms with Crippen LogP contribution in [0.2, 0.25) is 0 Å².